The van der Waals surface area contributed by atoms with Crippen LogP contribution in [-0.2, 0) is 0 Å². The van der Waals surface area contributed by atoms with Gasteiger partial charge in [-0.1, -0.05) is 133 Å². The summed E-state index contributed by atoms with van der Waals surface area (Å²) in [6, 6.07) is 62.1. The van der Waals surface area contributed by atoms with Crippen LogP contribution in [0.2, 0.25) is 0 Å². The van der Waals surface area contributed by atoms with Gasteiger partial charge in [-0.25, -0.2) is 9.97 Å². The van der Waals surface area contributed by atoms with Crippen LogP contribution < -0.4 is 0 Å². The second-order valence-electron chi connectivity index (χ2n) is 15.6. The molecule has 0 unspecified atom stereocenters. The summed E-state index contributed by atoms with van der Waals surface area (Å²) in [6.07, 6.45) is 0. The number of nitrogens with zero attached hydrogens (tertiary/aromatic N) is 3. The summed E-state index contributed by atoms with van der Waals surface area (Å²) in [6.45, 7) is 0. The van der Waals surface area contributed by atoms with Gasteiger partial charge in [-0.15, -0.1) is 11.3 Å². The molecule has 0 fully saturated rings. The van der Waals surface area contributed by atoms with E-state index in [1.165, 1.54) is 37.0 Å². The van der Waals surface area contributed by atoms with Crippen LogP contribution in [0.25, 0.3) is 136 Å². The van der Waals surface area contributed by atoms with Crippen molar-refractivity contribution in [3.8, 4) is 28.3 Å². The molecule has 0 bridgehead atoms. The van der Waals surface area contributed by atoms with Crippen molar-refractivity contribution >= 4 is 119 Å². The Morgan fingerprint density at radius 2 is 1.18 bits per heavy atom. The predicted octanol–water partition coefficient (Wildman–Crippen LogP) is 15.4. The summed E-state index contributed by atoms with van der Waals surface area (Å²) < 4.78 is 18.4. The van der Waals surface area contributed by atoms with E-state index >= 15 is 0 Å². The molecule has 0 aliphatic rings. The highest BCUT2D eigenvalue weighted by Gasteiger charge is 2.25. The second kappa shape index (κ2) is 11.9. The molecule has 0 radical (unpaired) electrons. The molecule has 6 heteroatoms. The maximum absolute atomic E-state index is 6.91. The highest BCUT2D eigenvalue weighted by atomic mass is 32.1. The Morgan fingerprint density at radius 3 is 2.07 bits per heavy atom. The fourth-order valence-corrected chi connectivity index (χ4v) is 11.0. The first-order chi connectivity index (χ1) is 29.8. The van der Waals surface area contributed by atoms with Gasteiger partial charge in [-0.3, -0.25) is 0 Å². The van der Waals surface area contributed by atoms with Crippen LogP contribution in [-0.4, -0.2) is 14.5 Å². The van der Waals surface area contributed by atoms with E-state index in [0.29, 0.717) is 5.82 Å². The van der Waals surface area contributed by atoms with E-state index < -0.39 is 0 Å². The molecule has 5 aromatic heterocycles. The van der Waals surface area contributed by atoms with Crippen LogP contribution in [0.15, 0.2) is 185 Å². The molecule has 0 N–H and O–H groups in total. The van der Waals surface area contributed by atoms with Gasteiger partial charge >= 0.3 is 0 Å². The smallest absolute Gasteiger partial charge is 0.161 e. The van der Waals surface area contributed by atoms with Crippen molar-refractivity contribution in [1.29, 1.82) is 0 Å². The lowest BCUT2D eigenvalue weighted by Gasteiger charge is -2.10. The number of fused-ring (bicyclic) bond motifs is 18. The zero-order valence-electron chi connectivity index (χ0n) is 31.8. The fraction of sp³-hybridized carbons (Fsp3) is 0. The highest BCUT2D eigenvalue weighted by Crippen LogP contribution is 2.48. The monoisotopic (exact) mass is 783 g/mol. The molecule has 0 amide bonds. The van der Waals surface area contributed by atoms with Crippen molar-refractivity contribution in [2.75, 3.05) is 0 Å². The highest BCUT2D eigenvalue weighted by molar-refractivity contribution is 7.26. The van der Waals surface area contributed by atoms with Crippen molar-refractivity contribution in [3.05, 3.63) is 176 Å². The average molecular weight is 784 g/mol. The molecule has 60 heavy (non-hydrogen) atoms. The summed E-state index contributed by atoms with van der Waals surface area (Å²) in [4.78, 5) is 10.7. The number of rotatable bonds is 3. The van der Waals surface area contributed by atoms with Gasteiger partial charge in [0.15, 0.2) is 11.4 Å². The van der Waals surface area contributed by atoms with E-state index in [1.54, 1.807) is 11.3 Å². The van der Waals surface area contributed by atoms with Crippen molar-refractivity contribution < 1.29 is 8.83 Å². The van der Waals surface area contributed by atoms with Gasteiger partial charge in [0.25, 0.3) is 0 Å². The van der Waals surface area contributed by atoms with E-state index in [4.69, 9.17) is 18.8 Å². The van der Waals surface area contributed by atoms with Gasteiger partial charge in [0.05, 0.1) is 32.6 Å². The third-order valence-corrected chi connectivity index (χ3v) is 13.5. The fourth-order valence-electron chi connectivity index (χ4n) is 9.85. The van der Waals surface area contributed by atoms with Crippen LogP contribution in [0.5, 0.6) is 0 Å². The number of benzene rings is 9. The van der Waals surface area contributed by atoms with E-state index in [-0.39, 0.29) is 0 Å². The Balaban J connectivity index is 1.07. The predicted molar refractivity (Wildman–Crippen MR) is 250 cm³/mol. The second-order valence-corrected chi connectivity index (χ2v) is 16.6. The molecular weight excluding hydrogens is 755 g/mol. The van der Waals surface area contributed by atoms with E-state index in [1.807, 2.05) is 24.3 Å². The molecule has 9 aromatic carbocycles. The minimum absolute atomic E-state index is 0.677. The summed E-state index contributed by atoms with van der Waals surface area (Å²) in [5.41, 5.74) is 10.4. The lowest BCUT2D eigenvalue weighted by atomic mass is 9.97. The molecule has 0 atom stereocenters. The largest absolute Gasteiger partial charge is 0.456 e. The van der Waals surface area contributed by atoms with Gasteiger partial charge in [0.1, 0.15) is 16.7 Å². The minimum atomic E-state index is 0.677. The van der Waals surface area contributed by atoms with Gasteiger partial charge in [-0.2, -0.15) is 0 Å². The molecule has 0 aliphatic carbocycles. The topological polar surface area (TPSA) is 57.0 Å². The normalized spacial score (nSPS) is 12.3. The Kier molecular flexibility index (Phi) is 6.38. The Hall–Kier alpha value is -7.80. The SMILES string of the molecule is c1ccc(-c2nc(-c3cccc4oc5cc(-n6c7ccc8ccccc8c7c7c8ccccc8c8c9ccccc9oc8c76)ccc5c34)nc3c2sc2ccccc23)cc1. The minimum Gasteiger partial charge on any atom is -0.456 e. The molecule has 5 nitrogen and oxygen atoms in total. The first-order valence-corrected chi connectivity index (χ1v) is 21.0. The van der Waals surface area contributed by atoms with Gasteiger partial charge in [0, 0.05) is 59.6 Å². The van der Waals surface area contributed by atoms with E-state index in [9.17, 15) is 0 Å². The van der Waals surface area contributed by atoms with E-state index in [2.05, 4.69) is 156 Å². The zero-order valence-corrected chi connectivity index (χ0v) is 32.6. The molecular formula is C54H29N3O2S. The summed E-state index contributed by atoms with van der Waals surface area (Å²) >= 11 is 1.75. The molecule has 278 valence electrons. The molecule has 14 aromatic rings. The van der Waals surface area contributed by atoms with Gasteiger partial charge in [-0.05, 0) is 57.9 Å². The number of furan rings is 2. The number of hydrogen-bond donors (Lipinski definition) is 0. The molecule has 14 rings (SSSR count). The number of thiophene rings is 1. The standard InChI is InChI=1S/C54H29N3O2S/c1-2-14-31(15-3-1)49-53-50(38-20-9-11-24-44(38)60-53)56-54(55-49)39-21-12-23-42-45(39)37-27-26-32(29-43(37)58-42)57-40-28-25-30-13-4-5-16-33(30)47(40)48-35-18-7-6-17-34(35)46-36-19-8-10-22-41(36)59-52(46)51(48)57/h1-29H. The Bertz CT molecular complexity index is 4130. The van der Waals surface area contributed by atoms with Crippen LogP contribution in [0.4, 0.5) is 0 Å². The molecule has 0 saturated heterocycles. The molecule has 5 heterocycles. The third-order valence-electron chi connectivity index (χ3n) is 12.4. The molecule has 0 aliphatic heterocycles. The van der Waals surface area contributed by atoms with Crippen LogP contribution in [0, 0.1) is 0 Å². The van der Waals surface area contributed by atoms with E-state index in [0.717, 1.165) is 93.0 Å². The third kappa shape index (κ3) is 4.30. The van der Waals surface area contributed by atoms with Crippen LogP contribution in [0.1, 0.15) is 0 Å². The van der Waals surface area contributed by atoms with Crippen molar-refractivity contribution in [2.45, 2.75) is 0 Å². The van der Waals surface area contributed by atoms with Crippen molar-refractivity contribution in [1.82, 2.24) is 14.5 Å². The number of aromatic nitrogens is 3. The molecule has 0 spiro atoms. The summed E-state index contributed by atoms with van der Waals surface area (Å²) in [5, 5.41) is 12.6. The molecule has 0 saturated carbocycles. The quantitative estimate of drug-likeness (QED) is 0.179. The first kappa shape index (κ1) is 32.2. The van der Waals surface area contributed by atoms with Crippen LogP contribution in [0.3, 0.4) is 0 Å². The average Bonchev–Trinajstić information content (AvgIpc) is 4.08. The van der Waals surface area contributed by atoms with Gasteiger partial charge in [0.2, 0.25) is 0 Å². The maximum Gasteiger partial charge on any atom is 0.161 e. The number of para-hydroxylation sites is 1. The maximum atomic E-state index is 6.91. The van der Waals surface area contributed by atoms with Gasteiger partial charge < -0.3 is 13.4 Å². The number of hydrogen-bond acceptors (Lipinski definition) is 5. The lowest BCUT2D eigenvalue weighted by molar-refractivity contribution is 0.668. The lowest BCUT2D eigenvalue weighted by Crippen LogP contribution is -1.95. The summed E-state index contributed by atoms with van der Waals surface area (Å²) in [5.74, 6) is 0.677. The Labute approximate surface area is 345 Å². The zero-order chi connectivity index (χ0) is 39.1. The summed E-state index contributed by atoms with van der Waals surface area (Å²) in [7, 11) is 0. The van der Waals surface area contributed by atoms with Crippen molar-refractivity contribution in [3.63, 3.8) is 0 Å². The first-order valence-electron chi connectivity index (χ1n) is 20.2. The van der Waals surface area contributed by atoms with Crippen LogP contribution >= 0.6 is 11.3 Å². The van der Waals surface area contributed by atoms with Crippen molar-refractivity contribution in [2.24, 2.45) is 0 Å². The Morgan fingerprint density at radius 1 is 0.467 bits per heavy atom.